The van der Waals surface area contributed by atoms with Crippen LogP contribution in [0.25, 0.3) is 0 Å². The van der Waals surface area contributed by atoms with E-state index in [4.69, 9.17) is 5.73 Å². The molecule has 0 aromatic carbocycles. The number of thioether (sulfide) groups is 1. The van der Waals surface area contributed by atoms with Gasteiger partial charge in [-0.2, -0.15) is 11.8 Å². The van der Waals surface area contributed by atoms with Gasteiger partial charge in [-0.15, -0.1) is 0 Å². The van der Waals surface area contributed by atoms with Crippen molar-refractivity contribution in [3.8, 4) is 0 Å². The van der Waals surface area contributed by atoms with Gasteiger partial charge < -0.3 is 5.73 Å². The smallest absolute Gasteiger partial charge is 0.0196 e. The van der Waals surface area contributed by atoms with Crippen molar-refractivity contribution in [1.29, 1.82) is 0 Å². The van der Waals surface area contributed by atoms with Crippen LogP contribution in [0.4, 0.5) is 0 Å². The standard InChI is InChI=1S/C7H15NS/c1-9-7-5-3-2-4-6(7)8/h6-7H,2-5,8H2,1H3/t6-,7+/m1/s1. The van der Waals surface area contributed by atoms with Gasteiger partial charge >= 0.3 is 0 Å². The molecule has 0 radical (unpaired) electrons. The van der Waals surface area contributed by atoms with Crippen molar-refractivity contribution in [2.75, 3.05) is 6.26 Å². The normalized spacial score (nSPS) is 36.7. The largest absolute Gasteiger partial charge is 0.327 e. The lowest BCUT2D eigenvalue weighted by Gasteiger charge is -2.26. The van der Waals surface area contributed by atoms with Crippen LogP contribution in [0.5, 0.6) is 0 Å². The molecule has 1 aliphatic carbocycles. The van der Waals surface area contributed by atoms with E-state index in [1.165, 1.54) is 25.7 Å². The van der Waals surface area contributed by atoms with Crippen molar-refractivity contribution in [3.63, 3.8) is 0 Å². The molecule has 0 saturated heterocycles. The third kappa shape index (κ3) is 1.87. The summed E-state index contributed by atoms with van der Waals surface area (Å²) >= 11 is 1.93. The SMILES string of the molecule is CS[C@H]1CCCC[C@H]1N. The van der Waals surface area contributed by atoms with E-state index in [1.807, 2.05) is 11.8 Å². The van der Waals surface area contributed by atoms with Gasteiger partial charge in [0.1, 0.15) is 0 Å². The van der Waals surface area contributed by atoms with Crippen LogP contribution in [-0.2, 0) is 0 Å². The minimum absolute atomic E-state index is 0.480. The molecule has 1 fully saturated rings. The Labute approximate surface area is 61.4 Å². The van der Waals surface area contributed by atoms with Gasteiger partial charge in [-0.25, -0.2) is 0 Å². The van der Waals surface area contributed by atoms with Gasteiger partial charge in [0.25, 0.3) is 0 Å². The first-order valence-corrected chi connectivity index (χ1v) is 4.92. The molecule has 0 amide bonds. The summed E-state index contributed by atoms with van der Waals surface area (Å²) in [5.74, 6) is 0. The van der Waals surface area contributed by atoms with Crippen LogP contribution in [0.1, 0.15) is 25.7 Å². The maximum atomic E-state index is 5.87. The van der Waals surface area contributed by atoms with E-state index in [9.17, 15) is 0 Å². The van der Waals surface area contributed by atoms with E-state index in [1.54, 1.807) is 0 Å². The van der Waals surface area contributed by atoms with Crippen molar-refractivity contribution >= 4 is 11.8 Å². The van der Waals surface area contributed by atoms with Crippen molar-refractivity contribution in [2.45, 2.75) is 37.0 Å². The Kier molecular flexibility index (Phi) is 2.86. The van der Waals surface area contributed by atoms with Crippen molar-refractivity contribution < 1.29 is 0 Å². The molecule has 9 heavy (non-hydrogen) atoms. The molecule has 0 heterocycles. The summed E-state index contributed by atoms with van der Waals surface area (Å²) in [7, 11) is 0. The Morgan fingerprint density at radius 2 is 2.00 bits per heavy atom. The summed E-state index contributed by atoms with van der Waals surface area (Å²) < 4.78 is 0. The fraction of sp³-hybridized carbons (Fsp3) is 1.00. The van der Waals surface area contributed by atoms with E-state index in [0.717, 1.165) is 5.25 Å². The van der Waals surface area contributed by atoms with Crippen LogP contribution in [0.15, 0.2) is 0 Å². The number of hydrogen-bond donors (Lipinski definition) is 1. The molecule has 0 bridgehead atoms. The van der Waals surface area contributed by atoms with Crippen LogP contribution < -0.4 is 5.73 Å². The topological polar surface area (TPSA) is 26.0 Å². The predicted molar refractivity (Wildman–Crippen MR) is 43.7 cm³/mol. The first kappa shape index (κ1) is 7.42. The third-order valence-electron chi connectivity index (χ3n) is 2.06. The highest BCUT2D eigenvalue weighted by atomic mass is 32.2. The molecule has 1 nitrogen and oxygen atoms in total. The highest BCUT2D eigenvalue weighted by Gasteiger charge is 2.19. The lowest BCUT2D eigenvalue weighted by atomic mass is 9.96. The maximum Gasteiger partial charge on any atom is 0.0196 e. The molecule has 0 aliphatic heterocycles. The summed E-state index contributed by atoms with van der Waals surface area (Å²) in [6.45, 7) is 0. The molecule has 1 saturated carbocycles. The number of nitrogens with two attached hydrogens (primary N) is 1. The predicted octanol–water partition coefficient (Wildman–Crippen LogP) is 1.62. The summed E-state index contributed by atoms with van der Waals surface area (Å²) in [4.78, 5) is 0. The van der Waals surface area contributed by atoms with Crippen molar-refractivity contribution in [1.82, 2.24) is 0 Å². The van der Waals surface area contributed by atoms with Gasteiger partial charge in [-0.3, -0.25) is 0 Å². The second-order valence-electron chi connectivity index (χ2n) is 2.72. The quantitative estimate of drug-likeness (QED) is 0.607. The summed E-state index contributed by atoms with van der Waals surface area (Å²) in [5.41, 5.74) is 5.87. The fourth-order valence-electron chi connectivity index (χ4n) is 1.42. The molecule has 0 unspecified atom stereocenters. The Balaban J connectivity index is 2.30. The lowest BCUT2D eigenvalue weighted by molar-refractivity contribution is 0.454. The monoisotopic (exact) mass is 145 g/mol. The summed E-state index contributed by atoms with van der Waals surface area (Å²) in [6, 6.07) is 0.480. The molecule has 54 valence electrons. The Bertz CT molecular complexity index is 85.0. The Morgan fingerprint density at radius 1 is 1.33 bits per heavy atom. The van der Waals surface area contributed by atoms with Gasteiger partial charge in [0.15, 0.2) is 0 Å². The van der Waals surface area contributed by atoms with Gasteiger partial charge in [-0.1, -0.05) is 12.8 Å². The zero-order valence-corrected chi connectivity index (χ0v) is 6.79. The van der Waals surface area contributed by atoms with Crippen LogP contribution in [0.3, 0.4) is 0 Å². The van der Waals surface area contributed by atoms with E-state index in [2.05, 4.69) is 6.26 Å². The fourth-order valence-corrected chi connectivity index (χ4v) is 2.31. The number of rotatable bonds is 1. The second kappa shape index (κ2) is 3.47. The van der Waals surface area contributed by atoms with E-state index in [-0.39, 0.29) is 0 Å². The summed E-state index contributed by atoms with van der Waals surface area (Å²) in [6.07, 6.45) is 7.47. The number of hydrogen-bond acceptors (Lipinski definition) is 2. The van der Waals surface area contributed by atoms with Crippen molar-refractivity contribution in [2.24, 2.45) is 5.73 Å². The van der Waals surface area contributed by atoms with Gasteiger partial charge in [0.05, 0.1) is 0 Å². The maximum absolute atomic E-state index is 5.87. The average Bonchev–Trinajstić information content (AvgIpc) is 1.89. The Morgan fingerprint density at radius 3 is 2.44 bits per heavy atom. The zero-order chi connectivity index (χ0) is 6.69. The van der Waals surface area contributed by atoms with Gasteiger partial charge in [-0.05, 0) is 19.1 Å². The van der Waals surface area contributed by atoms with E-state index >= 15 is 0 Å². The lowest BCUT2D eigenvalue weighted by Crippen LogP contribution is -2.34. The first-order valence-electron chi connectivity index (χ1n) is 3.63. The molecule has 2 heteroatoms. The highest BCUT2D eigenvalue weighted by molar-refractivity contribution is 7.99. The van der Waals surface area contributed by atoms with Crippen LogP contribution in [-0.4, -0.2) is 17.5 Å². The van der Waals surface area contributed by atoms with Gasteiger partial charge in [0.2, 0.25) is 0 Å². The van der Waals surface area contributed by atoms with Crippen molar-refractivity contribution in [3.05, 3.63) is 0 Å². The third-order valence-corrected chi connectivity index (χ3v) is 3.25. The molecule has 1 aliphatic rings. The molecule has 2 N–H and O–H groups in total. The van der Waals surface area contributed by atoms with Crippen LogP contribution in [0, 0.1) is 0 Å². The molecule has 0 aromatic heterocycles. The molecule has 2 atom stereocenters. The minimum Gasteiger partial charge on any atom is -0.327 e. The van der Waals surface area contributed by atoms with E-state index < -0.39 is 0 Å². The van der Waals surface area contributed by atoms with Crippen LogP contribution >= 0.6 is 11.8 Å². The average molecular weight is 145 g/mol. The molecule has 0 aromatic rings. The van der Waals surface area contributed by atoms with Crippen LogP contribution in [0.2, 0.25) is 0 Å². The molecular weight excluding hydrogens is 130 g/mol. The van der Waals surface area contributed by atoms with E-state index in [0.29, 0.717) is 6.04 Å². The molecular formula is C7H15NS. The second-order valence-corrected chi connectivity index (χ2v) is 3.80. The molecule has 0 spiro atoms. The summed E-state index contributed by atoms with van der Waals surface area (Å²) in [5, 5.41) is 0.749. The molecule has 1 rings (SSSR count). The van der Waals surface area contributed by atoms with Gasteiger partial charge in [0, 0.05) is 11.3 Å². The minimum atomic E-state index is 0.480. The first-order chi connectivity index (χ1) is 4.34. The zero-order valence-electron chi connectivity index (χ0n) is 5.97. The highest BCUT2D eigenvalue weighted by Crippen LogP contribution is 2.25. The Hall–Kier alpha value is 0.310.